The number of nitrogens with zero attached hydrogens (tertiary/aromatic N) is 4. The lowest BCUT2D eigenvalue weighted by atomic mass is 9.92. The Balaban J connectivity index is 2.15. The van der Waals surface area contributed by atoms with Crippen LogP contribution in [0.2, 0.25) is 5.02 Å². The van der Waals surface area contributed by atoms with Gasteiger partial charge in [0.1, 0.15) is 5.65 Å². The molecule has 118 valence electrons. The summed E-state index contributed by atoms with van der Waals surface area (Å²) in [6.45, 7) is 8.43. The van der Waals surface area contributed by atoms with Crippen LogP contribution in [0.1, 0.15) is 32.0 Å². The van der Waals surface area contributed by atoms with Gasteiger partial charge in [-0.3, -0.25) is 4.40 Å². The number of pyridine rings is 1. The zero-order valence-electron chi connectivity index (χ0n) is 13.7. The van der Waals surface area contributed by atoms with Gasteiger partial charge in [-0.15, -0.1) is 10.2 Å². The fourth-order valence-corrected chi connectivity index (χ4v) is 2.56. The predicted octanol–water partition coefficient (Wildman–Crippen LogP) is 6.01. The van der Waals surface area contributed by atoms with E-state index in [-0.39, 0.29) is 5.41 Å². The average Bonchev–Trinajstić information content (AvgIpc) is 2.83. The van der Waals surface area contributed by atoms with E-state index in [9.17, 15) is 0 Å². The van der Waals surface area contributed by atoms with Crippen molar-refractivity contribution in [3.8, 4) is 0 Å². The lowest BCUT2D eigenvalue weighted by Crippen LogP contribution is -2.11. The van der Waals surface area contributed by atoms with E-state index in [1.54, 1.807) is 6.07 Å². The average molecular weight is 327 g/mol. The topological polar surface area (TPSA) is 42.0 Å². The van der Waals surface area contributed by atoms with Crippen molar-refractivity contribution in [2.24, 2.45) is 10.2 Å². The van der Waals surface area contributed by atoms with Gasteiger partial charge in [-0.2, -0.15) is 0 Å². The first-order valence-corrected chi connectivity index (χ1v) is 7.89. The first kappa shape index (κ1) is 15.7. The quantitative estimate of drug-likeness (QED) is 0.532. The number of aromatic nitrogens is 2. The van der Waals surface area contributed by atoms with Crippen molar-refractivity contribution in [2.75, 3.05) is 0 Å². The number of rotatable bonds is 2. The summed E-state index contributed by atoms with van der Waals surface area (Å²) in [6.07, 6.45) is 1.99. The van der Waals surface area contributed by atoms with Crippen molar-refractivity contribution in [3.05, 3.63) is 58.9 Å². The normalized spacial score (nSPS) is 12.4. The lowest BCUT2D eigenvalue weighted by Gasteiger charge is -2.15. The molecule has 0 saturated heterocycles. The van der Waals surface area contributed by atoms with E-state index >= 15 is 0 Å². The Bertz CT molecular complexity index is 888. The highest BCUT2D eigenvalue weighted by Crippen LogP contribution is 2.33. The van der Waals surface area contributed by atoms with Crippen molar-refractivity contribution in [1.82, 2.24) is 9.38 Å². The number of fused-ring (bicyclic) bond motifs is 1. The summed E-state index contributed by atoms with van der Waals surface area (Å²) >= 11 is 6.00. The van der Waals surface area contributed by atoms with Gasteiger partial charge in [0, 0.05) is 16.6 Å². The molecule has 0 N–H and O–H groups in total. The summed E-state index contributed by atoms with van der Waals surface area (Å²) in [5.74, 6) is 0.757. The van der Waals surface area contributed by atoms with Crippen LogP contribution in [0.25, 0.3) is 5.65 Å². The predicted molar refractivity (Wildman–Crippen MR) is 94.3 cm³/mol. The van der Waals surface area contributed by atoms with Gasteiger partial charge >= 0.3 is 0 Å². The molecule has 2 heterocycles. The molecule has 0 saturated carbocycles. The zero-order chi connectivity index (χ0) is 16.6. The maximum atomic E-state index is 6.00. The molecule has 0 bridgehead atoms. The molecule has 0 atom stereocenters. The number of hydrogen-bond donors (Lipinski definition) is 0. The van der Waals surface area contributed by atoms with Crippen LogP contribution in [0, 0.1) is 6.92 Å². The number of imidazole rings is 1. The smallest absolute Gasteiger partial charge is 0.183 e. The fraction of sp³-hybridized carbons (Fsp3) is 0.278. The lowest BCUT2D eigenvalue weighted by molar-refractivity contribution is 0.574. The van der Waals surface area contributed by atoms with Gasteiger partial charge in [-0.05, 0) is 42.8 Å². The second-order valence-corrected chi connectivity index (χ2v) is 7.08. The SMILES string of the molecule is Cc1ccn2c(N=Nc3cccc(Cl)c3)c(C(C)(C)C)nc2c1. The summed E-state index contributed by atoms with van der Waals surface area (Å²) in [7, 11) is 0. The van der Waals surface area contributed by atoms with Gasteiger partial charge in [-0.1, -0.05) is 38.4 Å². The van der Waals surface area contributed by atoms with Crippen LogP contribution in [-0.2, 0) is 5.41 Å². The molecule has 2 aromatic heterocycles. The highest BCUT2D eigenvalue weighted by molar-refractivity contribution is 6.30. The Morgan fingerprint density at radius 3 is 2.57 bits per heavy atom. The van der Waals surface area contributed by atoms with E-state index in [0.29, 0.717) is 5.02 Å². The first-order valence-electron chi connectivity index (χ1n) is 7.51. The number of halogens is 1. The second kappa shape index (κ2) is 5.78. The van der Waals surface area contributed by atoms with Crippen molar-refractivity contribution < 1.29 is 0 Å². The number of aryl methyl sites for hydroxylation is 1. The van der Waals surface area contributed by atoms with Crippen molar-refractivity contribution in [1.29, 1.82) is 0 Å². The maximum Gasteiger partial charge on any atom is 0.183 e. The third-order valence-electron chi connectivity index (χ3n) is 3.54. The Kier molecular flexibility index (Phi) is 3.94. The molecule has 5 heteroatoms. The summed E-state index contributed by atoms with van der Waals surface area (Å²) < 4.78 is 1.97. The molecule has 0 amide bonds. The minimum absolute atomic E-state index is 0.122. The van der Waals surface area contributed by atoms with E-state index in [0.717, 1.165) is 22.8 Å². The number of azo groups is 1. The van der Waals surface area contributed by atoms with Gasteiger partial charge in [0.15, 0.2) is 5.82 Å². The highest BCUT2D eigenvalue weighted by atomic mass is 35.5. The minimum atomic E-state index is -0.122. The van der Waals surface area contributed by atoms with Gasteiger partial charge in [0.05, 0.1) is 11.4 Å². The molecule has 0 fully saturated rings. The third-order valence-corrected chi connectivity index (χ3v) is 3.77. The van der Waals surface area contributed by atoms with E-state index in [2.05, 4.69) is 37.9 Å². The van der Waals surface area contributed by atoms with Crippen LogP contribution in [0.4, 0.5) is 11.5 Å². The van der Waals surface area contributed by atoms with Crippen molar-refractivity contribution in [2.45, 2.75) is 33.1 Å². The minimum Gasteiger partial charge on any atom is -0.283 e. The summed E-state index contributed by atoms with van der Waals surface area (Å²) in [5.41, 5.74) is 3.58. The fourth-order valence-electron chi connectivity index (χ4n) is 2.38. The Hall–Kier alpha value is -2.20. The van der Waals surface area contributed by atoms with Crippen LogP contribution in [0.15, 0.2) is 52.8 Å². The van der Waals surface area contributed by atoms with E-state index in [1.165, 1.54) is 5.56 Å². The molecule has 0 aliphatic heterocycles. The third kappa shape index (κ3) is 3.27. The second-order valence-electron chi connectivity index (χ2n) is 6.65. The van der Waals surface area contributed by atoms with Crippen LogP contribution >= 0.6 is 11.6 Å². The largest absolute Gasteiger partial charge is 0.283 e. The molecule has 3 rings (SSSR count). The number of benzene rings is 1. The van der Waals surface area contributed by atoms with Gasteiger partial charge in [0.25, 0.3) is 0 Å². The van der Waals surface area contributed by atoms with E-state index < -0.39 is 0 Å². The molecule has 23 heavy (non-hydrogen) atoms. The number of hydrogen-bond acceptors (Lipinski definition) is 3. The molecule has 4 nitrogen and oxygen atoms in total. The van der Waals surface area contributed by atoms with E-state index in [4.69, 9.17) is 16.6 Å². The van der Waals surface area contributed by atoms with Crippen LogP contribution < -0.4 is 0 Å². The molecule has 0 radical (unpaired) electrons. The molecule has 0 spiro atoms. The monoisotopic (exact) mass is 326 g/mol. The van der Waals surface area contributed by atoms with Gasteiger partial charge < -0.3 is 0 Å². The van der Waals surface area contributed by atoms with Crippen LogP contribution in [-0.4, -0.2) is 9.38 Å². The Morgan fingerprint density at radius 1 is 1.09 bits per heavy atom. The molecule has 0 aliphatic carbocycles. The zero-order valence-corrected chi connectivity index (χ0v) is 14.5. The van der Waals surface area contributed by atoms with Gasteiger partial charge in [0.2, 0.25) is 0 Å². The molecule has 0 unspecified atom stereocenters. The van der Waals surface area contributed by atoms with E-state index in [1.807, 2.05) is 40.9 Å². The summed E-state index contributed by atoms with van der Waals surface area (Å²) in [4.78, 5) is 4.76. The molecule has 1 aromatic carbocycles. The first-order chi connectivity index (χ1) is 10.8. The highest BCUT2D eigenvalue weighted by Gasteiger charge is 2.24. The molecule has 3 aromatic rings. The maximum absolute atomic E-state index is 6.00. The standard InChI is InChI=1S/C18H19ClN4/c1-12-8-9-23-15(10-12)20-16(18(2,3)4)17(23)22-21-14-7-5-6-13(19)11-14/h5-11H,1-4H3. The van der Waals surface area contributed by atoms with Crippen molar-refractivity contribution in [3.63, 3.8) is 0 Å². The van der Waals surface area contributed by atoms with Crippen LogP contribution in [0.3, 0.4) is 0 Å². The molecular weight excluding hydrogens is 308 g/mol. The van der Waals surface area contributed by atoms with Crippen LogP contribution in [0.5, 0.6) is 0 Å². The molecule has 0 aliphatic rings. The summed E-state index contributed by atoms with van der Waals surface area (Å²) in [6, 6.07) is 11.4. The Labute approximate surface area is 140 Å². The summed E-state index contributed by atoms with van der Waals surface area (Å²) in [5, 5.41) is 9.45. The Morgan fingerprint density at radius 2 is 1.87 bits per heavy atom. The van der Waals surface area contributed by atoms with Crippen molar-refractivity contribution >= 4 is 28.8 Å². The molecular formula is C18H19ClN4. The van der Waals surface area contributed by atoms with Gasteiger partial charge in [-0.25, -0.2) is 4.98 Å².